The van der Waals surface area contributed by atoms with Gasteiger partial charge in [-0.1, -0.05) is 49.1 Å². The molecule has 0 aliphatic heterocycles. The molecule has 2 aromatic carbocycles. The van der Waals surface area contributed by atoms with Crippen LogP contribution >= 0.6 is 0 Å². The first-order valence-electron chi connectivity index (χ1n) is 10.5. The van der Waals surface area contributed by atoms with E-state index in [2.05, 4.69) is 16.5 Å². The molecule has 0 radical (unpaired) electrons. The molecule has 3 aromatic rings. The van der Waals surface area contributed by atoms with Gasteiger partial charge in [-0.2, -0.15) is 4.39 Å². The molecule has 1 atom stereocenters. The monoisotopic (exact) mass is 436 g/mol. The molecule has 0 fully saturated rings. The molecule has 0 aliphatic rings. The molecule has 0 saturated carbocycles. The van der Waals surface area contributed by atoms with Crippen molar-refractivity contribution >= 4 is 6.08 Å². The van der Waals surface area contributed by atoms with E-state index in [4.69, 9.17) is 4.74 Å². The van der Waals surface area contributed by atoms with Gasteiger partial charge in [0.25, 0.3) is 0 Å². The molecule has 1 aromatic heterocycles. The molecular formula is C26H26F2N2O2. The van der Waals surface area contributed by atoms with Gasteiger partial charge >= 0.3 is 0 Å². The molecular weight excluding hydrogens is 410 g/mol. The maximum Gasteiger partial charge on any atom is 0.201 e. The number of hydrogen-bond donors (Lipinski definition) is 1. The van der Waals surface area contributed by atoms with E-state index >= 15 is 0 Å². The minimum Gasteiger partial charge on any atom is -0.486 e. The van der Waals surface area contributed by atoms with Crippen LogP contribution in [0.15, 0.2) is 67.5 Å². The predicted octanol–water partition coefficient (Wildman–Crippen LogP) is 6.22. The highest BCUT2D eigenvalue weighted by atomic mass is 19.2. The molecule has 0 aliphatic carbocycles. The molecule has 0 saturated heterocycles. The lowest BCUT2D eigenvalue weighted by molar-refractivity contribution is 0.182. The Balaban J connectivity index is 1.69. The maximum absolute atomic E-state index is 14.5. The minimum absolute atomic E-state index is 0.0992. The van der Waals surface area contributed by atoms with Crippen molar-refractivity contribution in [3.05, 3.63) is 84.7 Å². The largest absolute Gasteiger partial charge is 0.486 e. The van der Waals surface area contributed by atoms with Crippen LogP contribution in [0.3, 0.4) is 0 Å². The van der Waals surface area contributed by atoms with Crippen LogP contribution in [0.1, 0.15) is 31.7 Å². The van der Waals surface area contributed by atoms with Crippen molar-refractivity contribution in [3.63, 3.8) is 0 Å². The molecule has 1 N–H and O–H groups in total. The lowest BCUT2D eigenvalue weighted by atomic mass is 10.0. The Morgan fingerprint density at radius 2 is 1.72 bits per heavy atom. The minimum atomic E-state index is -1.02. The van der Waals surface area contributed by atoms with Crippen LogP contribution in [-0.2, 0) is 0 Å². The van der Waals surface area contributed by atoms with E-state index in [1.165, 1.54) is 18.2 Å². The zero-order valence-electron chi connectivity index (χ0n) is 18.0. The van der Waals surface area contributed by atoms with Crippen molar-refractivity contribution in [3.8, 4) is 28.3 Å². The van der Waals surface area contributed by atoms with Crippen molar-refractivity contribution in [2.24, 2.45) is 0 Å². The second-order valence-electron chi connectivity index (χ2n) is 7.44. The average Bonchev–Trinajstić information content (AvgIpc) is 2.80. The SMILES string of the molecule is C=CCOc1ccc(-c2ccc(-c3ncc(/C=C/CCCC(C)O)cn3)cc2)c(F)c1F. The number of aliphatic hydroxyl groups is 1. The summed E-state index contributed by atoms with van der Waals surface area (Å²) in [5.41, 5.74) is 2.35. The van der Waals surface area contributed by atoms with Crippen LogP contribution in [0.5, 0.6) is 5.75 Å². The summed E-state index contributed by atoms with van der Waals surface area (Å²) in [4.78, 5) is 8.78. The lowest BCUT2D eigenvalue weighted by Crippen LogP contribution is -1.99. The third kappa shape index (κ3) is 6.08. The third-order valence-corrected chi connectivity index (χ3v) is 4.83. The Morgan fingerprint density at radius 3 is 2.38 bits per heavy atom. The summed E-state index contributed by atoms with van der Waals surface area (Å²) in [5.74, 6) is -1.58. The number of allylic oxidation sites excluding steroid dienone is 1. The number of halogens is 2. The Hall–Kier alpha value is -3.38. The summed E-state index contributed by atoms with van der Waals surface area (Å²) in [6.45, 7) is 5.38. The van der Waals surface area contributed by atoms with E-state index in [0.717, 1.165) is 30.4 Å². The predicted molar refractivity (Wildman–Crippen MR) is 123 cm³/mol. The van der Waals surface area contributed by atoms with E-state index in [1.54, 1.807) is 43.6 Å². The summed E-state index contributed by atoms with van der Waals surface area (Å²) in [7, 11) is 0. The molecule has 4 nitrogen and oxygen atoms in total. The van der Waals surface area contributed by atoms with E-state index in [9.17, 15) is 13.9 Å². The number of ether oxygens (including phenoxy) is 1. The summed E-state index contributed by atoms with van der Waals surface area (Å²) >= 11 is 0. The number of hydrogen-bond acceptors (Lipinski definition) is 4. The molecule has 166 valence electrons. The van der Waals surface area contributed by atoms with Crippen molar-refractivity contribution in [2.45, 2.75) is 32.3 Å². The lowest BCUT2D eigenvalue weighted by Gasteiger charge is -2.10. The molecule has 0 amide bonds. The van der Waals surface area contributed by atoms with Gasteiger partial charge in [0.05, 0.1) is 6.10 Å². The highest BCUT2D eigenvalue weighted by Crippen LogP contribution is 2.31. The van der Waals surface area contributed by atoms with Crippen LogP contribution in [-0.4, -0.2) is 27.8 Å². The number of aromatic nitrogens is 2. The molecule has 3 rings (SSSR count). The van der Waals surface area contributed by atoms with E-state index in [0.29, 0.717) is 11.4 Å². The molecule has 6 heteroatoms. The van der Waals surface area contributed by atoms with Gasteiger partial charge < -0.3 is 9.84 Å². The summed E-state index contributed by atoms with van der Waals surface area (Å²) in [5, 5.41) is 9.27. The van der Waals surface area contributed by atoms with Crippen molar-refractivity contribution in [2.75, 3.05) is 6.61 Å². The van der Waals surface area contributed by atoms with E-state index in [1.807, 2.05) is 12.2 Å². The standard InChI is InChI=1S/C26H26F2N2O2/c1-3-15-32-23-14-13-22(24(27)25(23)28)20-9-11-21(12-10-20)26-29-16-19(17-30-26)8-6-4-5-7-18(2)31/h3,6,8-14,16-18,31H,1,4-5,7,15H2,2H3/b8-6+. The van der Waals surface area contributed by atoms with Gasteiger partial charge in [-0.25, -0.2) is 14.4 Å². The Kier molecular flexibility index (Phi) is 8.22. The van der Waals surface area contributed by atoms with Crippen LogP contribution in [0, 0.1) is 11.6 Å². The van der Waals surface area contributed by atoms with Crippen LogP contribution < -0.4 is 4.74 Å². The first-order valence-corrected chi connectivity index (χ1v) is 10.5. The van der Waals surface area contributed by atoms with Gasteiger partial charge in [-0.15, -0.1) is 0 Å². The number of aliphatic hydroxyl groups excluding tert-OH is 1. The first kappa shape index (κ1) is 23.3. The van der Waals surface area contributed by atoms with Crippen molar-refractivity contribution < 1.29 is 18.6 Å². The molecule has 0 bridgehead atoms. The summed E-state index contributed by atoms with van der Waals surface area (Å²) in [6.07, 6.45) is 11.2. The average molecular weight is 437 g/mol. The highest BCUT2D eigenvalue weighted by molar-refractivity contribution is 5.69. The summed E-state index contributed by atoms with van der Waals surface area (Å²) < 4.78 is 33.9. The Morgan fingerprint density at radius 1 is 1.03 bits per heavy atom. The summed E-state index contributed by atoms with van der Waals surface area (Å²) in [6, 6.07) is 9.86. The number of benzene rings is 2. The second-order valence-corrected chi connectivity index (χ2v) is 7.44. The second kappa shape index (κ2) is 11.3. The van der Waals surface area contributed by atoms with Gasteiger partial charge in [0.1, 0.15) is 6.61 Å². The van der Waals surface area contributed by atoms with Crippen LogP contribution in [0.4, 0.5) is 8.78 Å². The first-order chi connectivity index (χ1) is 15.5. The fraction of sp³-hybridized carbons (Fsp3) is 0.231. The Labute approximate surface area is 186 Å². The van der Waals surface area contributed by atoms with Gasteiger partial charge in [-0.05, 0) is 43.9 Å². The zero-order valence-corrected chi connectivity index (χ0v) is 18.0. The van der Waals surface area contributed by atoms with Crippen molar-refractivity contribution in [1.29, 1.82) is 0 Å². The quantitative estimate of drug-likeness (QED) is 0.303. The van der Waals surface area contributed by atoms with Gasteiger partial charge in [0.2, 0.25) is 5.82 Å². The maximum atomic E-state index is 14.5. The molecule has 0 spiro atoms. The van der Waals surface area contributed by atoms with E-state index in [-0.39, 0.29) is 24.0 Å². The molecule has 32 heavy (non-hydrogen) atoms. The van der Waals surface area contributed by atoms with Gasteiger partial charge in [0.15, 0.2) is 17.4 Å². The normalized spacial score (nSPS) is 12.1. The van der Waals surface area contributed by atoms with Crippen LogP contribution in [0.2, 0.25) is 0 Å². The van der Waals surface area contributed by atoms with Gasteiger partial charge in [0, 0.05) is 29.1 Å². The molecule has 1 unspecified atom stereocenters. The zero-order chi connectivity index (χ0) is 22.9. The Bertz CT molecular complexity index is 1060. The van der Waals surface area contributed by atoms with Crippen molar-refractivity contribution in [1.82, 2.24) is 9.97 Å². The topological polar surface area (TPSA) is 55.2 Å². The highest BCUT2D eigenvalue weighted by Gasteiger charge is 2.16. The smallest absolute Gasteiger partial charge is 0.201 e. The number of rotatable bonds is 10. The van der Waals surface area contributed by atoms with E-state index < -0.39 is 11.6 Å². The fourth-order valence-corrected chi connectivity index (χ4v) is 3.14. The molecule has 1 heterocycles. The number of unbranched alkanes of at least 4 members (excludes halogenated alkanes) is 1. The fourth-order valence-electron chi connectivity index (χ4n) is 3.14. The van der Waals surface area contributed by atoms with Crippen LogP contribution in [0.25, 0.3) is 28.6 Å². The number of nitrogens with zero attached hydrogens (tertiary/aromatic N) is 2. The third-order valence-electron chi connectivity index (χ3n) is 4.83. The van der Waals surface area contributed by atoms with Gasteiger partial charge in [-0.3, -0.25) is 0 Å².